The number of ether oxygens (including phenoxy) is 2. The van der Waals surface area contributed by atoms with Crippen LogP contribution in [0.1, 0.15) is 24.0 Å². The minimum Gasteiger partial charge on any atom is -0.372 e. The molecule has 1 aliphatic heterocycles. The molecule has 0 aromatic carbocycles. The number of hydrogen-bond acceptors (Lipinski definition) is 4. The SMILES string of the molecule is CCOCC(=O)N1Cc2cccn2C[C@H](OCc2cccc(C)n2)C1. The van der Waals surface area contributed by atoms with Gasteiger partial charge >= 0.3 is 0 Å². The maximum Gasteiger partial charge on any atom is 0.249 e. The molecule has 0 radical (unpaired) electrons. The Balaban J connectivity index is 1.68. The summed E-state index contributed by atoms with van der Waals surface area (Å²) in [5.74, 6) is -0.00113. The van der Waals surface area contributed by atoms with E-state index in [0.29, 0.717) is 26.3 Å². The number of aromatic nitrogens is 2. The summed E-state index contributed by atoms with van der Waals surface area (Å²) in [7, 11) is 0. The van der Waals surface area contributed by atoms with Crippen LogP contribution in [-0.4, -0.2) is 46.2 Å². The monoisotopic (exact) mass is 343 g/mol. The average Bonchev–Trinajstić information content (AvgIpc) is 2.96. The molecule has 6 heteroatoms. The van der Waals surface area contributed by atoms with Crippen molar-refractivity contribution in [2.24, 2.45) is 0 Å². The van der Waals surface area contributed by atoms with Crippen molar-refractivity contribution in [1.29, 1.82) is 0 Å². The largest absolute Gasteiger partial charge is 0.372 e. The molecule has 0 spiro atoms. The van der Waals surface area contributed by atoms with E-state index in [-0.39, 0.29) is 18.6 Å². The lowest BCUT2D eigenvalue weighted by Crippen LogP contribution is -2.39. The molecule has 2 aromatic rings. The van der Waals surface area contributed by atoms with Crippen molar-refractivity contribution in [3.63, 3.8) is 0 Å². The third kappa shape index (κ3) is 4.67. The van der Waals surface area contributed by atoms with E-state index >= 15 is 0 Å². The normalized spacial score (nSPS) is 17.2. The van der Waals surface area contributed by atoms with Gasteiger partial charge in [-0.1, -0.05) is 6.07 Å². The highest BCUT2D eigenvalue weighted by molar-refractivity contribution is 5.77. The maximum absolute atomic E-state index is 12.4. The summed E-state index contributed by atoms with van der Waals surface area (Å²) in [4.78, 5) is 18.7. The van der Waals surface area contributed by atoms with Crippen molar-refractivity contribution in [3.8, 4) is 0 Å². The molecule has 3 heterocycles. The van der Waals surface area contributed by atoms with Gasteiger partial charge in [0.2, 0.25) is 5.91 Å². The lowest BCUT2D eigenvalue weighted by molar-refractivity contribution is -0.138. The number of carbonyl (C=O) groups is 1. The van der Waals surface area contributed by atoms with Crippen molar-refractivity contribution >= 4 is 5.91 Å². The molecule has 1 aliphatic rings. The molecule has 0 saturated carbocycles. The van der Waals surface area contributed by atoms with Crippen LogP contribution in [0.2, 0.25) is 0 Å². The summed E-state index contributed by atoms with van der Waals surface area (Å²) in [6.07, 6.45) is 1.95. The molecule has 2 aromatic heterocycles. The molecule has 25 heavy (non-hydrogen) atoms. The third-order valence-corrected chi connectivity index (χ3v) is 4.30. The van der Waals surface area contributed by atoms with E-state index in [0.717, 1.165) is 23.6 Å². The van der Waals surface area contributed by atoms with E-state index in [1.807, 2.05) is 55.3 Å². The third-order valence-electron chi connectivity index (χ3n) is 4.30. The standard InChI is InChI=1S/C19H25N3O3/c1-3-24-14-19(23)22-10-17-8-5-9-21(17)11-18(12-22)25-13-16-7-4-6-15(2)20-16/h4-9,18H,3,10-14H2,1-2H3/t18-/m0/s1. The van der Waals surface area contributed by atoms with Gasteiger partial charge in [0.25, 0.3) is 0 Å². The van der Waals surface area contributed by atoms with E-state index in [1.54, 1.807) is 0 Å². The second-order valence-corrected chi connectivity index (χ2v) is 6.27. The Morgan fingerprint density at radius 2 is 2.16 bits per heavy atom. The van der Waals surface area contributed by atoms with Gasteiger partial charge in [0.05, 0.1) is 31.5 Å². The molecule has 3 rings (SSSR count). The van der Waals surface area contributed by atoms with Crippen LogP contribution in [-0.2, 0) is 34.0 Å². The maximum atomic E-state index is 12.4. The zero-order valence-corrected chi connectivity index (χ0v) is 14.9. The highest BCUT2D eigenvalue weighted by Crippen LogP contribution is 2.16. The first kappa shape index (κ1) is 17.6. The quantitative estimate of drug-likeness (QED) is 0.806. The lowest BCUT2D eigenvalue weighted by Gasteiger charge is -2.24. The van der Waals surface area contributed by atoms with Crippen LogP contribution in [0.25, 0.3) is 0 Å². The number of fused-ring (bicyclic) bond motifs is 1. The zero-order valence-electron chi connectivity index (χ0n) is 14.9. The van der Waals surface area contributed by atoms with Crippen LogP contribution in [0.5, 0.6) is 0 Å². The van der Waals surface area contributed by atoms with Gasteiger partial charge in [0.1, 0.15) is 6.61 Å². The van der Waals surface area contributed by atoms with Crippen molar-refractivity contribution in [2.45, 2.75) is 39.6 Å². The van der Waals surface area contributed by atoms with Crippen molar-refractivity contribution in [3.05, 3.63) is 53.6 Å². The molecule has 6 nitrogen and oxygen atoms in total. The predicted molar refractivity (Wildman–Crippen MR) is 93.9 cm³/mol. The number of nitrogens with zero attached hydrogens (tertiary/aromatic N) is 3. The van der Waals surface area contributed by atoms with Gasteiger partial charge in [-0.2, -0.15) is 0 Å². The number of rotatable bonds is 6. The Bertz CT molecular complexity index is 713. The topological polar surface area (TPSA) is 56.6 Å². The Morgan fingerprint density at radius 1 is 1.28 bits per heavy atom. The molecule has 0 saturated heterocycles. The van der Waals surface area contributed by atoms with Crippen LogP contribution in [0.15, 0.2) is 36.5 Å². The predicted octanol–water partition coefficient (Wildman–Crippen LogP) is 2.16. The summed E-state index contributed by atoms with van der Waals surface area (Å²) < 4.78 is 13.5. The molecule has 0 N–H and O–H groups in total. The van der Waals surface area contributed by atoms with Gasteiger partial charge in [-0.25, -0.2) is 0 Å². The minimum atomic E-state index is -0.0819. The fourth-order valence-corrected chi connectivity index (χ4v) is 3.01. The number of aryl methyl sites for hydroxylation is 1. The highest BCUT2D eigenvalue weighted by atomic mass is 16.5. The molecule has 0 unspecified atom stereocenters. The fourth-order valence-electron chi connectivity index (χ4n) is 3.01. The first-order chi connectivity index (χ1) is 12.2. The Kier molecular flexibility index (Phi) is 5.83. The van der Waals surface area contributed by atoms with E-state index in [2.05, 4.69) is 9.55 Å². The Morgan fingerprint density at radius 3 is 2.96 bits per heavy atom. The van der Waals surface area contributed by atoms with Gasteiger partial charge < -0.3 is 18.9 Å². The summed E-state index contributed by atoms with van der Waals surface area (Å²) in [6, 6.07) is 9.96. The minimum absolute atomic E-state index is 0.00113. The van der Waals surface area contributed by atoms with Crippen molar-refractivity contribution < 1.29 is 14.3 Å². The van der Waals surface area contributed by atoms with Crippen LogP contribution in [0.3, 0.4) is 0 Å². The van der Waals surface area contributed by atoms with Crippen LogP contribution in [0, 0.1) is 6.92 Å². The Hall–Kier alpha value is -2.18. The number of amides is 1. The molecule has 134 valence electrons. The number of pyridine rings is 1. The molecule has 1 atom stereocenters. The van der Waals surface area contributed by atoms with Gasteiger partial charge in [0.15, 0.2) is 0 Å². The average molecular weight is 343 g/mol. The van der Waals surface area contributed by atoms with Gasteiger partial charge in [-0.05, 0) is 38.1 Å². The molecule has 0 fully saturated rings. The van der Waals surface area contributed by atoms with E-state index in [4.69, 9.17) is 9.47 Å². The van der Waals surface area contributed by atoms with Crippen LogP contribution >= 0.6 is 0 Å². The highest BCUT2D eigenvalue weighted by Gasteiger charge is 2.25. The number of carbonyl (C=O) groups excluding carboxylic acids is 1. The molecule has 0 bridgehead atoms. The van der Waals surface area contributed by atoms with Gasteiger partial charge in [-0.3, -0.25) is 9.78 Å². The lowest BCUT2D eigenvalue weighted by atomic mass is 10.3. The zero-order chi connectivity index (χ0) is 17.6. The fraction of sp³-hybridized carbons (Fsp3) is 0.474. The Labute approximate surface area is 148 Å². The van der Waals surface area contributed by atoms with E-state index < -0.39 is 0 Å². The second kappa shape index (κ2) is 8.27. The van der Waals surface area contributed by atoms with Crippen molar-refractivity contribution in [2.75, 3.05) is 19.8 Å². The molecular weight excluding hydrogens is 318 g/mol. The molecular formula is C19H25N3O3. The van der Waals surface area contributed by atoms with Crippen molar-refractivity contribution in [1.82, 2.24) is 14.5 Å². The second-order valence-electron chi connectivity index (χ2n) is 6.27. The molecule has 0 aliphatic carbocycles. The van der Waals surface area contributed by atoms with Crippen LogP contribution in [0.4, 0.5) is 0 Å². The first-order valence-electron chi connectivity index (χ1n) is 8.69. The molecule has 1 amide bonds. The summed E-state index contributed by atoms with van der Waals surface area (Å²) in [6.45, 7) is 6.82. The first-order valence-corrected chi connectivity index (χ1v) is 8.69. The van der Waals surface area contributed by atoms with E-state index in [1.165, 1.54) is 0 Å². The number of hydrogen-bond donors (Lipinski definition) is 0. The van der Waals surface area contributed by atoms with Crippen LogP contribution < -0.4 is 0 Å². The summed E-state index contributed by atoms with van der Waals surface area (Å²) in [5.41, 5.74) is 3.00. The summed E-state index contributed by atoms with van der Waals surface area (Å²) >= 11 is 0. The summed E-state index contributed by atoms with van der Waals surface area (Å²) in [5, 5.41) is 0. The van der Waals surface area contributed by atoms with Gasteiger partial charge in [-0.15, -0.1) is 0 Å². The van der Waals surface area contributed by atoms with Gasteiger partial charge in [0, 0.05) is 30.7 Å². The smallest absolute Gasteiger partial charge is 0.249 e. The van der Waals surface area contributed by atoms with E-state index in [9.17, 15) is 4.79 Å².